The standard InChI is InChI=1S/C16H15F3N4O2/c17-16(18,19)11-2-1-3-12(10-11)20-14-5-4-13(21-22-14)15(24)23-6-8-25-9-7-23/h1-5,10H,6-9H2,(H,20,22). The Hall–Kier alpha value is -2.68. The molecule has 0 bridgehead atoms. The van der Waals surface area contributed by atoms with Crippen LogP contribution in [0, 0.1) is 0 Å². The van der Waals surface area contributed by atoms with E-state index in [1.807, 2.05) is 0 Å². The summed E-state index contributed by atoms with van der Waals surface area (Å²) in [6.45, 7) is 1.94. The van der Waals surface area contributed by atoms with Crippen LogP contribution in [0.1, 0.15) is 16.1 Å². The van der Waals surface area contributed by atoms with E-state index < -0.39 is 11.7 Å². The van der Waals surface area contributed by atoms with Gasteiger partial charge in [0, 0.05) is 18.8 Å². The van der Waals surface area contributed by atoms with Crippen LogP contribution < -0.4 is 5.32 Å². The summed E-state index contributed by atoms with van der Waals surface area (Å²) in [5.74, 6) is -0.000675. The van der Waals surface area contributed by atoms with Gasteiger partial charge in [0.25, 0.3) is 5.91 Å². The lowest BCUT2D eigenvalue weighted by molar-refractivity contribution is -0.137. The number of carbonyl (C=O) groups is 1. The van der Waals surface area contributed by atoms with Crippen molar-refractivity contribution in [2.45, 2.75) is 6.18 Å². The molecule has 1 aromatic heterocycles. The van der Waals surface area contributed by atoms with Crippen LogP contribution in [-0.2, 0) is 10.9 Å². The van der Waals surface area contributed by atoms with Gasteiger partial charge in [0.2, 0.25) is 0 Å². The number of carbonyl (C=O) groups excluding carboxylic acids is 1. The lowest BCUT2D eigenvalue weighted by atomic mass is 10.2. The quantitative estimate of drug-likeness (QED) is 0.920. The molecule has 2 aromatic rings. The van der Waals surface area contributed by atoms with Crippen LogP contribution in [0.2, 0.25) is 0 Å². The Morgan fingerprint density at radius 3 is 2.52 bits per heavy atom. The van der Waals surface area contributed by atoms with Crippen LogP contribution >= 0.6 is 0 Å². The molecule has 132 valence electrons. The van der Waals surface area contributed by atoms with Crippen molar-refractivity contribution in [1.82, 2.24) is 15.1 Å². The second-order valence-electron chi connectivity index (χ2n) is 5.41. The van der Waals surface area contributed by atoms with E-state index in [4.69, 9.17) is 4.74 Å². The summed E-state index contributed by atoms with van der Waals surface area (Å²) in [7, 11) is 0. The topological polar surface area (TPSA) is 67.4 Å². The Morgan fingerprint density at radius 2 is 1.88 bits per heavy atom. The third-order valence-corrected chi connectivity index (χ3v) is 3.64. The van der Waals surface area contributed by atoms with Crippen LogP contribution in [0.25, 0.3) is 0 Å². The summed E-state index contributed by atoms with van der Waals surface area (Å²) >= 11 is 0. The molecule has 1 saturated heterocycles. The number of hydrogen-bond donors (Lipinski definition) is 1. The molecule has 6 nitrogen and oxygen atoms in total. The van der Waals surface area contributed by atoms with Crippen molar-refractivity contribution in [3.8, 4) is 0 Å². The smallest absolute Gasteiger partial charge is 0.378 e. The largest absolute Gasteiger partial charge is 0.416 e. The molecule has 0 spiro atoms. The molecule has 25 heavy (non-hydrogen) atoms. The normalized spacial score (nSPS) is 15.1. The zero-order chi connectivity index (χ0) is 17.9. The van der Waals surface area contributed by atoms with Crippen LogP contribution in [-0.4, -0.2) is 47.3 Å². The van der Waals surface area contributed by atoms with Gasteiger partial charge in [-0.15, -0.1) is 10.2 Å². The van der Waals surface area contributed by atoms with Crippen molar-refractivity contribution in [3.05, 3.63) is 47.7 Å². The first-order valence-electron chi connectivity index (χ1n) is 7.58. The molecule has 0 saturated carbocycles. The van der Waals surface area contributed by atoms with Gasteiger partial charge in [-0.25, -0.2) is 0 Å². The van der Waals surface area contributed by atoms with Crippen LogP contribution in [0.5, 0.6) is 0 Å². The van der Waals surface area contributed by atoms with E-state index in [0.29, 0.717) is 26.3 Å². The fourth-order valence-electron chi connectivity index (χ4n) is 2.36. The Morgan fingerprint density at radius 1 is 1.12 bits per heavy atom. The number of morpholine rings is 1. The van der Waals surface area contributed by atoms with Gasteiger partial charge in [0.1, 0.15) is 0 Å². The fourth-order valence-corrected chi connectivity index (χ4v) is 2.36. The molecule has 0 radical (unpaired) electrons. The molecule has 3 rings (SSSR count). The van der Waals surface area contributed by atoms with Gasteiger partial charge in [-0.2, -0.15) is 13.2 Å². The van der Waals surface area contributed by atoms with Gasteiger partial charge < -0.3 is 15.0 Å². The molecule has 2 heterocycles. The third kappa shape index (κ3) is 4.24. The SMILES string of the molecule is O=C(c1ccc(Nc2cccc(C(F)(F)F)c2)nn1)N1CCOCC1. The highest BCUT2D eigenvalue weighted by atomic mass is 19.4. The van der Waals surface area contributed by atoms with E-state index in [0.717, 1.165) is 12.1 Å². The number of anilines is 2. The predicted molar refractivity (Wildman–Crippen MR) is 83.5 cm³/mol. The molecule has 1 aliphatic rings. The van der Waals surface area contributed by atoms with E-state index >= 15 is 0 Å². The fraction of sp³-hybridized carbons (Fsp3) is 0.312. The Bertz CT molecular complexity index is 744. The van der Waals surface area contributed by atoms with Gasteiger partial charge in [-0.1, -0.05) is 6.07 Å². The minimum absolute atomic E-state index is 0.177. The molecule has 1 amide bonds. The van der Waals surface area contributed by atoms with Crippen molar-refractivity contribution in [3.63, 3.8) is 0 Å². The molecule has 0 unspecified atom stereocenters. The highest BCUT2D eigenvalue weighted by molar-refractivity contribution is 5.92. The van der Waals surface area contributed by atoms with E-state index in [9.17, 15) is 18.0 Å². The molecule has 1 aromatic carbocycles. The summed E-state index contributed by atoms with van der Waals surface area (Å²) in [5.41, 5.74) is -0.350. The highest BCUT2D eigenvalue weighted by Gasteiger charge is 2.30. The van der Waals surface area contributed by atoms with Crippen molar-refractivity contribution in [1.29, 1.82) is 0 Å². The summed E-state index contributed by atoms with van der Waals surface area (Å²) in [5, 5.41) is 10.5. The Balaban J connectivity index is 1.69. The molecule has 0 atom stereocenters. The lowest BCUT2D eigenvalue weighted by Gasteiger charge is -2.26. The van der Waals surface area contributed by atoms with Gasteiger partial charge in [0.05, 0.1) is 18.8 Å². The number of halogens is 3. The number of amides is 1. The zero-order valence-electron chi connectivity index (χ0n) is 13.1. The van der Waals surface area contributed by atoms with Crippen molar-refractivity contribution in [2.75, 3.05) is 31.6 Å². The predicted octanol–water partition coefficient (Wildman–Crippen LogP) is 2.71. The minimum Gasteiger partial charge on any atom is -0.378 e. The van der Waals surface area contributed by atoms with Crippen molar-refractivity contribution < 1.29 is 22.7 Å². The van der Waals surface area contributed by atoms with Gasteiger partial charge in [-0.05, 0) is 30.3 Å². The molecule has 1 N–H and O–H groups in total. The molecule has 1 fully saturated rings. The third-order valence-electron chi connectivity index (χ3n) is 3.64. The van der Waals surface area contributed by atoms with E-state index in [1.54, 1.807) is 4.90 Å². The molecular formula is C16H15F3N4O2. The Kier molecular flexibility index (Phi) is 4.84. The first kappa shape index (κ1) is 17.2. The average molecular weight is 352 g/mol. The van der Waals surface area contributed by atoms with Gasteiger partial charge in [-0.3, -0.25) is 4.79 Å². The maximum absolute atomic E-state index is 12.7. The average Bonchev–Trinajstić information content (AvgIpc) is 2.62. The number of aromatic nitrogens is 2. The van der Waals surface area contributed by atoms with Gasteiger partial charge >= 0.3 is 6.18 Å². The lowest BCUT2D eigenvalue weighted by Crippen LogP contribution is -2.41. The first-order chi connectivity index (χ1) is 11.9. The van der Waals surface area contributed by atoms with Crippen molar-refractivity contribution in [2.24, 2.45) is 0 Å². The minimum atomic E-state index is -4.42. The van der Waals surface area contributed by atoms with Crippen LogP contribution in [0.4, 0.5) is 24.7 Å². The number of hydrogen-bond acceptors (Lipinski definition) is 5. The molecule has 1 aliphatic heterocycles. The van der Waals surface area contributed by atoms with E-state index in [-0.39, 0.29) is 23.1 Å². The number of alkyl halides is 3. The summed E-state index contributed by atoms with van der Waals surface area (Å²) < 4.78 is 43.3. The molecule has 9 heteroatoms. The zero-order valence-corrected chi connectivity index (χ0v) is 13.1. The second kappa shape index (κ2) is 7.06. The maximum Gasteiger partial charge on any atom is 0.416 e. The van der Waals surface area contributed by atoms with E-state index in [2.05, 4.69) is 15.5 Å². The number of rotatable bonds is 3. The van der Waals surface area contributed by atoms with E-state index in [1.165, 1.54) is 24.3 Å². The summed E-state index contributed by atoms with van der Waals surface area (Å²) in [4.78, 5) is 13.9. The van der Waals surface area contributed by atoms with Gasteiger partial charge in [0.15, 0.2) is 11.5 Å². The number of nitrogens with one attached hydrogen (secondary N) is 1. The summed E-state index contributed by atoms with van der Waals surface area (Å²) in [6.07, 6.45) is -4.42. The van der Waals surface area contributed by atoms with Crippen LogP contribution in [0.15, 0.2) is 36.4 Å². The van der Waals surface area contributed by atoms with Crippen LogP contribution in [0.3, 0.4) is 0 Å². The monoisotopic (exact) mass is 352 g/mol. The number of nitrogens with zero attached hydrogens (tertiary/aromatic N) is 3. The Labute approximate surface area is 141 Å². The summed E-state index contributed by atoms with van der Waals surface area (Å²) in [6, 6.07) is 7.75. The highest BCUT2D eigenvalue weighted by Crippen LogP contribution is 2.31. The number of ether oxygens (including phenoxy) is 1. The van der Waals surface area contributed by atoms with Crippen molar-refractivity contribution >= 4 is 17.4 Å². The molecule has 0 aliphatic carbocycles. The maximum atomic E-state index is 12.7. The molecular weight excluding hydrogens is 337 g/mol. The first-order valence-corrected chi connectivity index (χ1v) is 7.58. The second-order valence-corrected chi connectivity index (χ2v) is 5.41. The number of benzene rings is 1.